The van der Waals surface area contributed by atoms with E-state index in [2.05, 4.69) is 32.6 Å². The van der Waals surface area contributed by atoms with Crippen molar-refractivity contribution in [2.75, 3.05) is 19.6 Å². The Hall–Kier alpha value is -0.150. The van der Waals surface area contributed by atoms with Crippen LogP contribution in [-0.4, -0.2) is 29.5 Å². The van der Waals surface area contributed by atoms with E-state index in [-0.39, 0.29) is 0 Å². The molecule has 0 unspecified atom stereocenters. The number of nitrogens with zero attached hydrogens (tertiary/aromatic N) is 1. The van der Waals surface area contributed by atoms with E-state index in [0.717, 1.165) is 18.3 Å². The Kier molecular flexibility index (Phi) is 6.75. The summed E-state index contributed by atoms with van der Waals surface area (Å²) in [5, 5.41) is 0. The smallest absolute Gasteiger partial charge is 0.0733 e. The largest absolute Gasteiger partial charge is 0.393 e. The summed E-state index contributed by atoms with van der Waals surface area (Å²) in [6.45, 7) is 12.9. The molecule has 1 aliphatic carbocycles. The first-order valence-corrected chi connectivity index (χ1v) is 8.24. The molecule has 3 heteroatoms. The van der Waals surface area contributed by atoms with Gasteiger partial charge in [0.05, 0.1) is 4.99 Å². The molecule has 0 radical (unpaired) electrons. The van der Waals surface area contributed by atoms with Crippen molar-refractivity contribution in [1.29, 1.82) is 0 Å². The molecule has 1 saturated carbocycles. The molecule has 0 spiro atoms. The van der Waals surface area contributed by atoms with E-state index < -0.39 is 0 Å². The molecular formula is C16H32N2S. The molecule has 0 aliphatic heterocycles. The van der Waals surface area contributed by atoms with Gasteiger partial charge >= 0.3 is 0 Å². The van der Waals surface area contributed by atoms with Gasteiger partial charge in [-0.2, -0.15) is 0 Å². The van der Waals surface area contributed by atoms with Crippen LogP contribution in [0, 0.1) is 17.3 Å². The van der Waals surface area contributed by atoms with Crippen molar-refractivity contribution in [3.8, 4) is 0 Å². The first-order valence-electron chi connectivity index (χ1n) is 7.84. The van der Waals surface area contributed by atoms with Gasteiger partial charge in [-0.1, -0.05) is 39.9 Å². The zero-order valence-electron chi connectivity index (χ0n) is 13.2. The SMILES string of the molecule is CC(C)CCN(CCC(C)C)CC1(CC(N)=S)CC1. The van der Waals surface area contributed by atoms with Crippen molar-refractivity contribution < 1.29 is 0 Å². The summed E-state index contributed by atoms with van der Waals surface area (Å²) in [5.74, 6) is 1.57. The van der Waals surface area contributed by atoms with Crippen LogP contribution in [0.15, 0.2) is 0 Å². The summed E-state index contributed by atoms with van der Waals surface area (Å²) < 4.78 is 0. The highest BCUT2D eigenvalue weighted by Crippen LogP contribution is 2.49. The van der Waals surface area contributed by atoms with Crippen LogP contribution in [0.5, 0.6) is 0 Å². The Morgan fingerprint density at radius 1 is 1.11 bits per heavy atom. The maximum atomic E-state index is 5.75. The Morgan fingerprint density at radius 2 is 1.58 bits per heavy atom. The Bertz CT molecular complexity index is 270. The Morgan fingerprint density at radius 3 is 1.89 bits per heavy atom. The number of thiocarbonyl (C=S) groups is 1. The van der Waals surface area contributed by atoms with Crippen molar-refractivity contribution >= 4 is 17.2 Å². The lowest BCUT2D eigenvalue weighted by atomic mass is 10.0. The normalized spacial score (nSPS) is 17.4. The lowest BCUT2D eigenvalue weighted by Crippen LogP contribution is -2.35. The fourth-order valence-electron chi connectivity index (χ4n) is 2.56. The van der Waals surface area contributed by atoms with Crippen molar-refractivity contribution in [2.24, 2.45) is 23.0 Å². The van der Waals surface area contributed by atoms with Crippen LogP contribution in [0.3, 0.4) is 0 Å². The second-order valence-corrected chi connectivity index (χ2v) is 7.81. The molecule has 2 nitrogen and oxygen atoms in total. The number of rotatable bonds is 10. The summed E-state index contributed by atoms with van der Waals surface area (Å²) in [4.78, 5) is 3.36. The summed E-state index contributed by atoms with van der Waals surface area (Å²) in [7, 11) is 0. The standard InChI is InChI=1S/C16H32N2S/c1-13(2)5-9-18(10-6-14(3)4)12-16(7-8-16)11-15(17)19/h13-14H,5-12H2,1-4H3,(H2,17,19). The Labute approximate surface area is 125 Å². The van der Waals surface area contributed by atoms with Gasteiger partial charge in [0.25, 0.3) is 0 Å². The van der Waals surface area contributed by atoms with Gasteiger partial charge in [0.1, 0.15) is 0 Å². The van der Waals surface area contributed by atoms with Crippen LogP contribution in [-0.2, 0) is 0 Å². The minimum atomic E-state index is 0.430. The zero-order chi connectivity index (χ0) is 14.5. The van der Waals surface area contributed by atoms with Crippen molar-refractivity contribution in [3.05, 3.63) is 0 Å². The predicted molar refractivity (Wildman–Crippen MR) is 88.4 cm³/mol. The molecule has 1 fully saturated rings. The second-order valence-electron chi connectivity index (χ2n) is 7.28. The van der Waals surface area contributed by atoms with Crippen LogP contribution in [0.1, 0.15) is 59.8 Å². The highest BCUT2D eigenvalue weighted by atomic mass is 32.1. The van der Waals surface area contributed by atoms with Crippen LogP contribution >= 0.6 is 12.2 Å². The lowest BCUT2D eigenvalue weighted by molar-refractivity contribution is 0.201. The van der Waals surface area contributed by atoms with Crippen molar-refractivity contribution in [2.45, 2.75) is 59.8 Å². The van der Waals surface area contributed by atoms with Crippen molar-refractivity contribution in [1.82, 2.24) is 4.90 Å². The van der Waals surface area contributed by atoms with Crippen LogP contribution < -0.4 is 5.73 Å². The monoisotopic (exact) mass is 284 g/mol. The topological polar surface area (TPSA) is 29.3 Å². The molecular weight excluding hydrogens is 252 g/mol. The molecule has 19 heavy (non-hydrogen) atoms. The lowest BCUT2D eigenvalue weighted by Gasteiger charge is -2.28. The van der Waals surface area contributed by atoms with Crippen LogP contribution in [0.2, 0.25) is 0 Å². The first kappa shape index (κ1) is 16.9. The summed E-state index contributed by atoms with van der Waals surface area (Å²) >= 11 is 5.11. The molecule has 0 aromatic carbocycles. The fourth-order valence-corrected chi connectivity index (χ4v) is 2.87. The second kappa shape index (κ2) is 7.58. The van der Waals surface area contributed by atoms with Crippen molar-refractivity contribution in [3.63, 3.8) is 0 Å². The molecule has 112 valence electrons. The fraction of sp³-hybridized carbons (Fsp3) is 0.938. The van der Waals surface area contributed by atoms with E-state index in [1.54, 1.807) is 0 Å². The van der Waals surface area contributed by atoms with E-state index in [1.807, 2.05) is 0 Å². The van der Waals surface area contributed by atoms with Gasteiger partial charge in [0, 0.05) is 13.0 Å². The van der Waals surface area contributed by atoms with Gasteiger partial charge in [-0.05, 0) is 56.0 Å². The number of hydrogen-bond acceptors (Lipinski definition) is 2. The molecule has 0 atom stereocenters. The van der Waals surface area contributed by atoms with Gasteiger partial charge in [0.2, 0.25) is 0 Å². The molecule has 0 amide bonds. The average Bonchev–Trinajstić information content (AvgIpc) is 3.00. The Balaban J connectivity index is 2.45. The van der Waals surface area contributed by atoms with E-state index >= 15 is 0 Å². The quantitative estimate of drug-likeness (QED) is 0.618. The average molecular weight is 285 g/mol. The highest BCUT2D eigenvalue weighted by Gasteiger charge is 2.43. The van der Waals surface area contributed by atoms with Crippen LogP contribution in [0.4, 0.5) is 0 Å². The summed E-state index contributed by atoms with van der Waals surface area (Å²) in [6, 6.07) is 0. The molecule has 0 heterocycles. The minimum Gasteiger partial charge on any atom is -0.393 e. The molecule has 0 aromatic rings. The van der Waals surface area contributed by atoms with Gasteiger partial charge in [-0.15, -0.1) is 0 Å². The van der Waals surface area contributed by atoms with Gasteiger partial charge in [-0.25, -0.2) is 0 Å². The molecule has 1 aliphatic rings. The van der Waals surface area contributed by atoms with Gasteiger partial charge in [0.15, 0.2) is 0 Å². The molecule has 2 N–H and O–H groups in total. The maximum absolute atomic E-state index is 5.75. The van der Waals surface area contributed by atoms with E-state index in [0.29, 0.717) is 10.4 Å². The highest BCUT2D eigenvalue weighted by molar-refractivity contribution is 7.80. The third kappa shape index (κ3) is 7.26. The van der Waals surface area contributed by atoms with Crippen LogP contribution in [0.25, 0.3) is 0 Å². The molecule has 0 saturated heterocycles. The zero-order valence-corrected chi connectivity index (χ0v) is 14.1. The van der Waals surface area contributed by atoms with E-state index in [9.17, 15) is 0 Å². The van der Waals surface area contributed by atoms with Gasteiger partial charge in [-0.3, -0.25) is 0 Å². The minimum absolute atomic E-state index is 0.430. The maximum Gasteiger partial charge on any atom is 0.0733 e. The first-order chi connectivity index (χ1) is 8.83. The third-order valence-electron chi connectivity index (χ3n) is 4.11. The molecule has 0 aromatic heterocycles. The van der Waals surface area contributed by atoms with E-state index in [1.165, 1.54) is 45.3 Å². The summed E-state index contributed by atoms with van der Waals surface area (Å²) in [5.41, 5.74) is 6.18. The number of hydrogen-bond donors (Lipinski definition) is 1. The summed E-state index contributed by atoms with van der Waals surface area (Å²) in [6.07, 6.45) is 6.15. The van der Waals surface area contributed by atoms with Gasteiger partial charge < -0.3 is 10.6 Å². The predicted octanol–water partition coefficient (Wildman–Crippen LogP) is 3.84. The molecule has 0 bridgehead atoms. The molecule has 1 rings (SSSR count). The third-order valence-corrected chi connectivity index (χ3v) is 4.26. The van der Waals surface area contributed by atoms with E-state index in [4.69, 9.17) is 18.0 Å². The number of nitrogens with two attached hydrogens (primary N) is 1.